The van der Waals surface area contributed by atoms with Gasteiger partial charge in [-0.2, -0.15) is 0 Å². The Balaban J connectivity index is 0.00000264. The molecule has 2 fully saturated rings. The van der Waals surface area contributed by atoms with Crippen LogP contribution in [-0.2, 0) is 14.6 Å². The second-order valence-electron chi connectivity index (χ2n) is 6.44. The van der Waals surface area contributed by atoms with Gasteiger partial charge >= 0.3 is 0 Å². The maximum Gasteiger partial charge on any atom is 0.191 e. The molecule has 2 unspecified atom stereocenters. The molecule has 0 spiro atoms. The molecule has 6 nitrogen and oxygen atoms in total. The number of guanidine groups is 1. The molecule has 2 aliphatic rings. The molecule has 2 saturated heterocycles. The van der Waals surface area contributed by atoms with Crippen molar-refractivity contribution in [3.8, 4) is 0 Å². The predicted molar refractivity (Wildman–Crippen MR) is 104 cm³/mol. The lowest BCUT2D eigenvalue weighted by Gasteiger charge is -2.26. The summed E-state index contributed by atoms with van der Waals surface area (Å²) < 4.78 is 28.4. The number of nitrogens with zero attached hydrogens (tertiary/aromatic N) is 1. The summed E-state index contributed by atoms with van der Waals surface area (Å²) in [6, 6.07) is 0.731. The minimum Gasteiger partial charge on any atom is -0.381 e. The summed E-state index contributed by atoms with van der Waals surface area (Å²) in [6.45, 7) is 6.41. The van der Waals surface area contributed by atoms with Crippen LogP contribution in [0.15, 0.2) is 4.99 Å². The van der Waals surface area contributed by atoms with Gasteiger partial charge in [0.25, 0.3) is 0 Å². The minimum atomic E-state index is -2.82. The van der Waals surface area contributed by atoms with Crippen molar-refractivity contribution < 1.29 is 13.2 Å². The first-order chi connectivity index (χ1) is 10.5. The molecule has 0 amide bonds. The van der Waals surface area contributed by atoms with E-state index in [1.54, 1.807) is 0 Å². The van der Waals surface area contributed by atoms with Gasteiger partial charge in [0.05, 0.1) is 11.5 Å². The van der Waals surface area contributed by atoms with Gasteiger partial charge in [-0.15, -0.1) is 24.0 Å². The summed E-state index contributed by atoms with van der Waals surface area (Å²) in [5.41, 5.74) is 0. The monoisotopic (exact) mass is 459 g/mol. The van der Waals surface area contributed by atoms with Crippen LogP contribution in [0, 0.1) is 5.92 Å². The Bertz CT molecular complexity index is 478. The highest BCUT2D eigenvalue weighted by atomic mass is 127. The maximum absolute atomic E-state index is 11.5. The zero-order valence-corrected chi connectivity index (χ0v) is 17.2. The number of hydrogen-bond donors (Lipinski definition) is 2. The minimum absolute atomic E-state index is 0. The van der Waals surface area contributed by atoms with Gasteiger partial charge in [0.2, 0.25) is 0 Å². The molecule has 8 heteroatoms. The molecule has 0 bridgehead atoms. The van der Waals surface area contributed by atoms with Gasteiger partial charge in [0.1, 0.15) is 0 Å². The molecule has 2 N–H and O–H groups in total. The third-order valence-corrected chi connectivity index (χ3v) is 6.23. The number of halogens is 1. The molecule has 2 atom stereocenters. The van der Waals surface area contributed by atoms with Crippen molar-refractivity contribution in [2.24, 2.45) is 10.9 Å². The molecule has 0 radical (unpaired) electrons. The smallest absolute Gasteiger partial charge is 0.191 e. The van der Waals surface area contributed by atoms with E-state index in [4.69, 9.17) is 4.74 Å². The van der Waals surface area contributed by atoms with E-state index in [1.165, 1.54) is 0 Å². The average Bonchev–Trinajstić information content (AvgIpc) is 2.85. The number of hydrogen-bond acceptors (Lipinski definition) is 4. The first-order valence-corrected chi connectivity index (χ1v) is 10.2. The zero-order chi connectivity index (χ0) is 16.0. The van der Waals surface area contributed by atoms with Crippen molar-refractivity contribution in [3.05, 3.63) is 0 Å². The number of sulfone groups is 1. The molecule has 0 aromatic carbocycles. The molecule has 0 aromatic rings. The first-order valence-electron chi connectivity index (χ1n) is 8.34. The molecule has 2 aliphatic heterocycles. The summed E-state index contributed by atoms with van der Waals surface area (Å²) >= 11 is 0. The highest BCUT2D eigenvalue weighted by Crippen LogP contribution is 2.18. The van der Waals surface area contributed by atoms with E-state index in [-0.39, 0.29) is 35.6 Å². The topological polar surface area (TPSA) is 79.8 Å². The third-order valence-electron chi connectivity index (χ3n) is 4.39. The number of nitrogens with one attached hydrogen (secondary N) is 2. The molecule has 2 heterocycles. The van der Waals surface area contributed by atoms with Crippen LogP contribution < -0.4 is 10.6 Å². The lowest BCUT2D eigenvalue weighted by molar-refractivity contribution is 0.0822. The SMILES string of the molecule is CCC(C)NC(=NCC1CCS(=O)(=O)C1)NC1CCOCC1.I. The average molecular weight is 459 g/mol. The zero-order valence-electron chi connectivity index (χ0n) is 14.1. The highest BCUT2D eigenvalue weighted by molar-refractivity contribution is 14.0. The van der Waals surface area contributed by atoms with Crippen LogP contribution in [0.1, 0.15) is 39.5 Å². The summed E-state index contributed by atoms with van der Waals surface area (Å²) in [4.78, 5) is 4.64. The van der Waals surface area contributed by atoms with Gasteiger partial charge in [0.15, 0.2) is 15.8 Å². The Hall–Kier alpha value is -0.0900. The summed E-state index contributed by atoms with van der Waals surface area (Å²) in [5.74, 6) is 1.57. The van der Waals surface area contributed by atoms with E-state index >= 15 is 0 Å². The quantitative estimate of drug-likeness (QED) is 0.371. The first kappa shape index (κ1) is 21.0. The van der Waals surface area contributed by atoms with Gasteiger partial charge in [-0.3, -0.25) is 4.99 Å². The fourth-order valence-corrected chi connectivity index (χ4v) is 4.59. The van der Waals surface area contributed by atoms with E-state index in [0.29, 0.717) is 24.4 Å². The van der Waals surface area contributed by atoms with Crippen molar-refractivity contribution in [1.29, 1.82) is 0 Å². The van der Waals surface area contributed by atoms with Crippen molar-refractivity contribution in [3.63, 3.8) is 0 Å². The Labute approximate surface area is 157 Å². The van der Waals surface area contributed by atoms with Crippen LogP contribution in [-0.4, -0.2) is 57.7 Å². The molecule has 136 valence electrons. The molecular weight excluding hydrogens is 429 g/mol. The van der Waals surface area contributed by atoms with Crippen molar-refractivity contribution >= 4 is 39.8 Å². The predicted octanol–water partition coefficient (Wildman–Crippen LogP) is 1.55. The summed E-state index contributed by atoms with van der Waals surface area (Å²) in [7, 11) is -2.82. The van der Waals surface area contributed by atoms with E-state index in [2.05, 4.69) is 29.5 Å². The van der Waals surface area contributed by atoms with E-state index in [1.807, 2.05) is 0 Å². The molecule has 0 aliphatic carbocycles. The van der Waals surface area contributed by atoms with Crippen LogP contribution in [0.25, 0.3) is 0 Å². The van der Waals surface area contributed by atoms with E-state index in [0.717, 1.165) is 44.9 Å². The lowest BCUT2D eigenvalue weighted by atomic mass is 10.1. The lowest BCUT2D eigenvalue weighted by Crippen LogP contribution is -2.48. The van der Waals surface area contributed by atoms with Crippen LogP contribution in [0.5, 0.6) is 0 Å². The van der Waals surface area contributed by atoms with Gasteiger partial charge in [0, 0.05) is 31.8 Å². The van der Waals surface area contributed by atoms with E-state index in [9.17, 15) is 8.42 Å². The third kappa shape index (κ3) is 7.55. The van der Waals surface area contributed by atoms with E-state index < -0.39 is 9.84 Å². The highest BCUT2D eigenvalue weighted by Gasteiger charge is 2.27. The van der Waals surface area contributed by atoms with Crippen molar-refractivity contribution in [2.75, 3.05) is 31.3 Å². The maximum atomic E-state index is 11.5. The molecule has 0 aromatic heterocycles. The van der Waals surface area contributed by atoms with Crippen LogP contribution >= 0.6 is 24.0 Å². The van der Waals surface area contributed by atoms with Crippen LogP contribution in [0.3, 0.4) is 0 Å². The van der Waals surface area contributed by atoms with Crippen molar-refractivity contribution in [2.45, 2.75) is 51.6 Å². The molecule has 2 rings (SSSR count). The van der Waals surface area contributed by atoms with Crippen LogP contribution in [0.2, 0.25) is 0 Å². The Morgan fingerprint density at radius 1 is 1.30 bits per heavy atom. The van der Waals surface area contributed by atoms with Gasteiger partial charge in [-0.1, -0.05) is 6.92 Å². The Kier molecular flexibility index (Phi) is 9.13. The summed E-state index contributed by atoms with van der Waals surface area (Å²) in [6.07, 6.45) is 3.73. The number of aliphatic imine (C=N–C) groups is 1. The Morgan fingerprint density at radius 3 is 2.57 bits per heavy atom. The summed E-state index contributed by atoms with van der Waals surface area (Å²) in [5, 5.41) is 6.88. The second kappa shape index (κ2) is 10.0. The van der Waals surface area contributed by atoms with Gasteiger partial charge < -0.3 is 15.4 Å². The Morgan fingerprint density at radius 2 is 2.00 bits per heavy atom. The van der Waals surface area contributed by atoms with Gasteiger partial charge in [-0.25, -0.2) is 8.42 Å². The standard InChI is InChI=1S/C15H29N3O3S.HI/c1-3-12(2)17-15(18-14-4-7-21-8-5-14)16-10-13-6-9-22(19,20)11-13;/h12-14H,3-11H2,1-2H3,(H2,16,17,18);1H. The number of rotatable bonds is 5. The molecule has 23 heavy (non-hydrogen) atoms. The van der Waals surface area contributed by atoms with Crippen LogP contribution in [0.4, 0.5) is 0 Å². The molecule has 0 saturated carbocycles. The largest absolute Gasteiger partial charge is 0.381 e. The molecular formula is C15H30IN3O3S. The normalized spacial score (nSPS) is 26.3. The fraction of sp³-hybridized carbons (Fsp3) is 0.933. The number of ether oxygens (including phenoxy) is 1. The fourth-order valence-electron chi connectivity index (χ4n) is 2.74. The van der Waals surface area contributed by atoms with Crippen molar-refractivity contribution in [1.82, 2.24) is 10.6 Å². The second-order valence-corrected chi connectivity index (χ2v) is 8.67. The van der Waals surface area contributed by atoms with Gasteiger partial charge in [-0.05, 0) is 38.5 Å².